The second-order valence-corrected chi connectivity index (χ2v) is 7.11. The summed E-state index contributed by atoms with van der Waals surface area (Å²) in [6.45, 7) is 4.97. The molecule has 1 atom stereocenters. The molecule has 1 aliphatic heterocycles. The fourth-order valence-electron chi connectivity index (χ4n) is 2.56. The van der Waals surface area contributed by atoms with Gasteiger partial charge in [0.25, 0.3) is 0 Å². The third-order valence-corrected chi connectivity index (χ3v) is 5.44. The van der Waals surface area contributed by atoms with Crippen LogP contribution in [0.2, 0.25) is 0 Å². The molecule has 1 aromatic carbocycles. The van der Waals surface area contributed by atoms with Crippen molar-refractivity contribution in [1.82, 2.24) is 4.31 Å². The molecule has 1 fully saturated rings. The van der Waals surface area contributed by atoms with Crippen molar-refractivity contribution in [3.05, 3.63) is 23.3 Å². The smallest absolute Gasteiger partial charge is 0.246 e. The highest BCUT2D eigenvalue weighted by molar-refractivity contribution is 7.89. The highest BCUT2D eigenvalue weighted by Crippen LogP contribution is 2.31. The van der Waals surface area contributed by atoms with Crippen molar-refractivity contribution >= 4 is 10.0 Å². The number of aryl methyl sites for hydroxylation is 2. The molecule has 0 saturated carbocycles. The highest BCUT2D eigenvalue weighted by Gasteiger charge is 2.32. The van der Waals surface area contributed by atoms with E-state index in [0.717, 1.165) is 11.1 Å². The molecule has 21 heavy (non-hydrogen) atoms. The lowest BCUT2D eigenvalue weighted by molar-refractivity contribution is 0.00447. The first-order valence-electron chi connectivity index (χ1n) is 6.87. The quantitative estimate of drug-likeness (QED) is 0.883. The highest BCUT2D eigenvalue weighted by atomic mass is 32.2. The van der Waals surface area contributed by atoms with Gasteiger partial charge in [-0.15, -0.1) is 0 Å². The van der Waals surface area contributed by atoms with Gasteiger partial charge >= 0.3 is 0 Å². The molecule has 1 aliphatic rings. The molecule has 6 nitrogen and oxygen atoms in total. The van der Waals surface area contributed by atoms with Crippen LogP contribution in [0.15, 0.2) is 17.0 Å². The average molecular weight is 314 g/mol. The lowest BCUT2D eigenvalue weighted by atomic mass is 10.1. The first-order chi connectivity index (χ1) is 9.90. The molecule has 0 aromatic heterocycles. The molecule has 1 aromatic rings. The van der Waals surface area contributed by atoms with Crippen molar-refractivity contribution < 1.29 is 17.9 Å². The molecule has 7 heteroatoms. The normalized spacial score (nSPS) is 20.5. The van der Waals surface area contributed by atoms with Crippen LogP contribution in [-0.4, -0.2) is 52.2 Å². The van der Waals surface area contributed by atoms with E-state index in [9.17, 15) is 8.42 Å². The van der Waals surface area contributed by atoms with Crippen LogP contribution in [0.25, 0.3) is 0 Å². The summed E-state index contributed by atoms with van der Waals surface area (Å²) in [4.78, 5) is 0.208. The van der Waals surface area contributed by atoms with Crippen LogP contribution in [0.3, 0.4) is 0 Å². The molecule has 0 spiro atoms. The Morgan fingerprint density at radius 3 is 2.76 bits per heavy atom. The van der Waals surface area contributed by atoms with Gasteiger partial charge in [0.15, 0.2) is 0 Å². The van der Waals surface area contributed by atoms with Gasteiger partial charge in [-0.25, -0.2) is 8.42 Å². The lowest BCUT2D eigenvalue weighted by Crippen LogP contribution is -2.48. The van der Waals surface area contributed by atoms with Crippen molar-refractivity contribution in [2.75, 3.05) is 33.4 Å². The van der Waals surface area contributed by atoms with Gasteiger partial charge in [-0.1, -0.05) is 6.07 Å². The van der Waals surface area contributed by atoms with Gasteiger partial charge in [0.05, 0.1) is 19.8 Å². The first kappa shape index (κ1) is 16.2. The second-order valence-electron chi connectivity index (χ2n) is 5.20. The van der Waals surface area contributed by atoms with Gasteiger partial charge < -0.3 is 15.2 Å². The maximum atomic E-state index is 12.9. The molecule has 1 heterocycles. The molecule has 118 valence electrons. The van der Waals surface area contributed by atoms with Gasteiger partial charge in [0, 0.05) is 19.6 Å². The standard InChI is InChI=1S/C14H22N2O4S/c1-10-6-11(2)14(19-3)13(7-10)21(17,18)16-4-5-20-12(8-15)9-16/h6-7,12H,4-5,8-9,15H2,1-3H3. The van der Waals surface area contributed by atoms with E-state index in [2.05, 4.69) is 0 Å². The van der Waals surface area contributed by atoms with E-state index < -0.39 is 10.0 Å². The maximum Gasteiger partial charge on any atom is 0.246 e. The number of sulfonamides is 1. The Morgan fingerprint density at radius 2 is 2.14 bits per heavy atom. The van der Waals surface area contributed by atoms with E-state index in [1.807, 2.05) is 19.9 Å². The van der Waals surface area contributed by atoms with Crippen LogP contribution >= 0.6 is 0 Å². The minimum atomic E-state index is -3.62. The number of rotatable bonds is 4. The van der Waals surface area contributed by atoms with E-state index in [4.69, 9.17) is 15.2 Å². The predicted octanol–water partition coefficient (Wildman–Crippen LogP) is 0.660. The van der Waals surface area contributed by atoms with Crippen LogP contribution < -0.4 is 10.5 Å². The summed E-state index contributed by atoms with van der Waals surface area (Å²) in [7, 11) is -2.14. The Balaban J connectivity index is 2.44. The molecule has 0 radical (unpaired) electrons. The van der Waals surface area contributed by atoms with Crippen LogP contribution in [0, 0.1) is 13.8 Å². The van der Waals surface area contributed by atoms with Gasteiger partial charge in [0.1, 0.15) is 10.6 Å². The Hall–Kier alpha value is -1.15. The van der Waals surface area contributed by atoms with E-state index >= 15 is 0 Å². The largest absolute Gasteiger partial charge is 0.495 e. The van der Waals surface area contributed by atoms with Crippen molar-refractivity contribution in [2.45, 2.75) is 24.8 Å². The number of methoxy groups -OCH3 is 1. The van der Waals surface area contributed by atoms with Crippen LogP contribution in [0.5, 0.6) is 5.75 Å². The van der Waals surface area contributed by atoms with E-state index in [0.29, 0.717) is 25.4 Å². The molecular weight excluding hydrogens is 292 g/mol. The number of benzene rings is 1. The van der Waals surface area contributed by atoms with Gasteiger partial charge in [-0.3, -0.25) is 0 Å². The number of hydrogen-bond donors (Lipinski definition) is 1. The monoisotopic (exact) mass is 314 g/mol. The summed E-state index contributed by atoms with van der Waals surface area (Å²) in [5, 5.41) is 0. The second kappa shape index (κ2) is 6.31. The zero-order valence-electron chi connectivity index (χ0n) is 12.6. The number of morpholine rings is 1. The van der Waals surface area contributed by atoms with E-state index in [-0.39, 0.29) is 17.5 Å². The van der Waals surface area contributed by atoms with Gasteiger partial charge in [-0.2, -0.15) is 4.31 Å². The molecule has 2 rings (SSSR count). The summed E-state index contributed by atoms with van der Waals surface area (Å²) >= 11 is 0. The molecule has 1 unspecified atom stereocenters. The summed E-state index contributed by atoms with van der Waals surface area (Å²) in [6, 6.07) is 3.55. The van der Waals surface area contributed by atoms with Crippen molar-refractivity contribution in [1.29, 1.82) is 0 Å². The third-order valence-electron chi connectivity index (χ3n) is 3.57. The lowest BCUT2D eigenvalue weighted by Gasteiger charge is -2.32. The van der Waals surface area contributed by atoms with Gasteiger partial charge in [-0.05, 0) is 31.0 Å². The molecule has 1 saturated heterocycles. The zero-order chi connectivity index (χ0) is 15.6. The maximum absolute atomic E-state index is 12.9. The molecule has 0 amide bonds. The zero-order valence-corrected chi connectivity index (χ0v) is 13.4. The molecule has 0 bridgehead atoms. The van der Waals surface area contributed by atoms with Crippen molar-refractivity contribution in [3.8, 4) is 5.75 Å². The minimum Gasteiger partial charge on any atom is -0.495 e. The Morgan fingerprint density at radius 1 is 1.43 bits per heavy atom. The first-order valence-corrected chi connectivity index (χ1v) is 8.31. The summed E-state index contributed by atoms with van der Waals surface area (Å²) in [6.07, 6.45) is -0.259. The Labute approximate surface area is 125 Å². The van der Waals surface area contributed by atoms with Crippen LogP contribution in [-0.2, 0) is 14.8 Å². The summed E-state index contributed by atoms with van der Waals surface area (Å²) < 4.78 is 37.9. The summed E-state index contributed by atoms with van der Waals surface area (Å²) in [5.74, 6) is 0.399. The number of nitrogens with two attached hydrogens (primary N) is 1. The topological polar surface area (TPSA) is 81.9 Å². The number of nitrogens with zero attached hydrogens (tertiary/aromatic N) is 1. The van der Waals surface area contributed by atoms with Crippen molar-refractivity contribution in [3.63, 3.8) is 0 Å². The minimum absolute atomic E-state index is 0.208. The molecule has 2 N–H and O–H groups in total. The van der Waals surface area contributed by atoms with Gasteiger partial charge in [0.2, 0.25) is 10.0 Å². The predicted molar refractivity (Wildman–Crippen MR) is 80.0 cm³/mol. The molecular formula is C14H22N2O4S. The molecule has 0 aliphatic carbocycles. The summed E-state index contributed by atoms with van der Waals surface area (Å²) in [5.41, 5.74) is 7.27. The average Bonchev–Trinajstić information content (AvgIpc) is 2.46. The number of hydrogen-bond acceptors (Lipinski definition) is 5. The fourth-order valence-corrected chi connectivity index (χ4v) is 4.33. The van der Waals surface area contributed by atoms with Crippen LogP contribution in [0.4, 0.5) is 0 Å². The SMILES string of the molecule is COc1c(C)cc(C)cc1S(=O)(=O)N1CCOC(CN)C1. The van der Waals surface area contributed by atoms with E-state index in [1.54, 1.807) is 6.07 Å². The Kier molecular flexibility index (Phi) is 4.88. The van der Waals surface area contributed by atoms with Crippen LogP contribution in [0.1, 0.15) is 11.1 Å². The fraction of sp³-hybridized carbons (Fsp3) is 0.571. The third kappa shape index (κ3) is 3.21. The number of ether oxygens (including phenoxy) is 2. The van der Waals surface area contributed by atoms with E-state index in [1.165, 1.54) is 11.4 Å². The Bertz CT molecular complexity index is 616. The van der Waals surface area contributed by atoms with Crippen molar-refractivity contribution in [2.24, 2.45) is 5.73 Å².